The molecule has 130 valence electrons. The van der Waals surface area contributed by atoms with Crippen molar-refractivity contribution in [3.8, 4) is 11.3 Å². The van der Waals surface area contributed by atoms with Crippen molar-refractivity contribution in [1.82, 2.24) is 15.4 Å². The Kier molecular flexibility index (Phi) is 5.56. The van der Waals surface area contributed by atoms with Crippen molar-refractivity contribution < 1.29 is 18.1 Å². The Hall–Kier alpha value is -1.99. The molecule has 1 amide bonds. The molecular weight excluding hydrogens is 340 g/mol. The highest BCUT2D eigenvalue weighted by Gasteiger charge is 2.43. The number of hydrogen-bond acceptors (Lipinski definition) is 4. The van der Waals surface area contributed by atoms with Gasteiger partial charge in [0.25, 0.3) is 5.92 Å². The molecule has 1 N–H and O–H groups in total. The normalized spacial score (nSPS) is 18.9. The first-order valence-corrected chi connectivity index (χ1v) is 7.32. The molecule has 1 aromatic carbocycles. The van der Waals surface area contributed by atoms with Crippen LogP contribution < -0.4 is 5.32 Å². The van der Waals surface area contributed by atoms with Crippen molar-refractivity contribution in [2.45, 2.75) is 24.9 Å². The van der Waals surface area contributed by atoms with Crippen LogP contribution in [0.5, 0.6) is 0 Å². The largest absolute Gasteiger partial charge is 0.359 e. The second kappa shape index (κ2) is 7.27. The highest BCUT2D eigenvalue weighted by atomic mass is 35.5. The zero-order valence-corrected chi connectivity index (χ0v) is 13.9. The molecule has 0 radical (unpaired) electrons. The Balaban J connectivity index is 0.00000208. The molecule has 1 fully saturated rings. The van der Waals surface area contributed by atoms with Crippen molar-refractivity contribution in [3.05, 3.63) is 42.2 Å². The third kappa shape index (κ3) is 4.10. The van der Waals surface area contributed by atoms with Crippen molar-refractivity contribution in [1.29, 1.82) is 0 Å². The first-order valence-electron chi connectivity index (χ1n) is 7.32. The van der Waals surface area contributed by atoms with E-state index in [2.05, 4.69) is 10.5 Å². The number of carbonyl (C=O) groups is 1. The zero-order chi connectivity index (χ0) is 16.4. The second-order valence-corrected chi connectivity index (χ2v) is 5.73. The lowest BCUT2D eigenvalue weighted by Gasteiger charge is -2.19. The van der Waals surface area contributed by atoms with E-state index < -0.39 is 24.9 Å². The van der Waals surface area contributed by atoms with E-state index >= 15 is 0 Å². The zero-order valence-electron chi connectivity index (χ0n) is 13.0. The van der Waals surface area contributed by atoms with Gasteiger partial charge in [-0.2, -0.15) is 0 Å². The number of alkyl halides is 2. The van der Waals surface area contributed by atoms with Gasteiger partial charge < -0.3 is 9.42 Å². The van der Waals surface area contributed by atoms with Crippen LogP contribution in [0.15, 0.2) is 40.9 Å². The predicted molar refractivity (Wildman–Crippen MR) is 87.0 cm³/mol. The highest BCUT2D eigenvalue weighted by Crippen LogP contribution is 2.26. The number of likely N-dealkylation sites (N-methyl/N-ethyl adjacent to an activating group) is 1. The van der Waals surface area contributed by atoms with E-state index in [0.717, 1.165) is 5.56 Å². The summed E-state index contributed by atoms with van der Waals surface area (Å²) in [6, 6.07) is 10.4. The van der Waals surface area contributed by atoms with Crippen LogP contribution in [0.25, 0.3) is 11.3 Å². The first kappa shape index (κ1) is 18.4. The standard InChI is InChI=1S/C16H17F2N3O2.ClH/c1-21(15(22)14-8-16(17,18)10-19-14)9-12-7-13(20-23-12)11-5-3-2-4-6-11;/h2-7,14,19H,8-10H2,1H3;1H/t14-;/m0./s1. The Morgan fingerprint density at radius 3 is 2.75 bits per heavy atom. The molecule has 1 aromatic heterocycles. The van der Waals surface area contributed by atoms with Gasteiger partial charge in [0, 0.05) is 25.1 Å². The molecule has 0 aliphatic carbocycles. The molecule has 1 atom stereocenters. The van der Waals surface area contributed by atoms with Gasteiger partial charge in [0.1, 0.15) is 5.69 Å². The number of nitrogens with one attached hydrogen (secondary N) is 1. The van der Waals surface area contributed by atoms with Crippen molar-refractivity contribution >= 4 is 18.3 Å². The second-order valence-electron chi connectivity index (χ2n) is 5.73. The molecule has 1 aliphatic heterocycles. The van der Waals surface area contributed by atoms with Gasteiger partial charge in [-0.15, -0.1) is 12.4 Å². The van der Waals surface area contributed by atoms with E-state index in [9.17, 15) is 13.6 Å². The monoisotopic (exact) mass is 357 g/mol. The Morgan fingerprint density at radius 2 is 2.12 bits per heavy atom. The number of nitrogens with zero attached hydrogens (tertiary/aromatic N) is 2. The van der Waals surface area contributed by atoms with Crippen LogP contribution in [-0.2, 0) is 11.3 Å². The lowest BCUT2D eigenvalue weighted by atomic mass is 10.1. The predicted octanol–water partition coefficient (Wildman–Crippen LogP) is 2.72. The van der Waals surface area contributed by atoms with Crippen LogP contribution in [0.4, 0.5) is 8.78 Å². The van der Waals surface area contributed by atoms with Crippen LogP contribution >= 0.6 is 12.4 Å². The molecule has 5 nitrogen and oxygen atoms in total. The number of aromatic nitrogens is 1. The molecule has 24 heavy (non-hydrogen) atoms. The fourth-order valence-electron chi connectivity index (χ4n) is 2.60. The van der Waals surface area contributed by atoms with Crippen LogP contribution in [0.2, 0.25) is 0 Å². The quantitative estimate of drug-likeness (QED) is 0.914. The first-order chi connectivity index (χ1) is 10.9. The summed E-state index contributed by atoms with van der Waals surface area (Å²) in [5, 5.41) is 6.53. The summed E-state index contributed by atoms with van der Waals surface area (Å²) in [6.45, 7) is -0.278. The van der Waals surface area contributed by atoms with Crippen molar-refractivity contribution in [2.75, 3.05) is 13.6 Å². The van der Waals surface area contributed by atoms with Crippen LogP contribution in [-0.4, -0.2) is 41.5 Å². The third-order valence-electron chi connectivity index (χ3n) is 3.81. The molecule has 0 bridgehead atoms. The van der Waals surface area contributed by atoms with Crippen LogP contribution in [0.3, 0.4) is 0 Å². The average Bonchev–Trinajstić information content (AvgIpc) is 3.14. The van der Waals surface area contributed by atoms with Gasteiger partial charge in [0.2, 0.25) is 5.91 Å². The van der Waals surface area contributed by atoms with E-state index in [4.69, 9.17) is 4.52 Å². The lowest BCUT2D eigenvalue weighted by molar-refractivity contribution is -0.133. The topological polar surface area (TPSA) is 58.4 Å². The Morgan fingerprint density at radius 1 is 1.42 bits per heavy atom. The minimum atomic E-state index is -2.83. The summed E-state index contributed by atoms with van der Waals surface area (Å²) in [4.78, 5) is 13.6. The number of carbonyl (C=O) groups excluding carboxylic acids is 1. The summed E-state index contributed by atoms with van der Waals surface area (Å²) in [5.74, 6) is -2.70. The lowest BCUT2D eigenvalue weighted by Crippen LogP contribution is -2.41. The van der Waals surface area contributed by atoms with E-state index in [-0.39, 0.29) is 24.9 Å². The van der Waals surface area contributed by atoms with E-state index in [0.29, 0.717) is 11.5 Å². The number of hydrogen-bond donors (Lipinski definition) is 1. The van der Waals surface area contributed by atoms with Gasteiger partial charge in [0.05, 0.1) is 19.1 Å². The van der Waals surface area contributed by atoms with Crippen LogP contribution in [0, 0.1) is 0 Å². The van der Waals surface area contributed by atoms with E-state index in [1.54, 1.807) is 13.1 Å². The minimum absolute atomic E-state index is 0. The van der Waals surface area contributed by atoms with E-state index in [1.165, 1.54) is 4.90 Å². The number of halogens is 3. The number of rotatable bonds is 4. The van der Waals surface area contributed by atoms with Crippen molar-refractivity contribution in [2.24, 2.45) is 0 Å². The molecule has 1 aliphatic rings. The van der Waals surface area contributed by atoms with Crippen LogP contribution in [0.1, 0.15) is 12.2 Å². The highest BCUT2D eigenvalue weighted by molar-refractivity contribution is 5.85. The van der Waals surface area contributed by atoms with Gasteiger partial charge >= 0.3 is 0 Å². The fraction of sp³-hybridized carbons (Fsp3) is 0.375. The number of benzene rings is 1. The number of amides is 1. The Labute approximate surface area is 144 Å². The average molecular weight is 358 g/mol. The maximum absolute atomic E-state index is 13.2. The van der Waals surface area contributed by atoms with Gasteiger partial charge in [-0.05, 0) is 0 Å². The fourth-order valence-corrected chi connectivity index (χ4v) is 2.60. The van der Waals surface area contributed by atoms with Crippen molar-refractivity contribution in [3.63, 3.8) is 0 Å². The summed E-state index contributed by atoms with van der Waals surface area (Å²) >= 11 is 0. The summed E-state index contributed by atoms with van der Waals surface area (Å²) in [7, 11) is 1.56. The summed E-state index contributed by atoms with van der Waals surface area (Å²) < 4.78 is 31.6. The third-order valence-corrected chi connectivity index (χ3v) is 3.81. The van der Waals surface area contributed by atoms with Gasteiger partial charge in [0.15, 0.2) is 5.76 Å². The molecule has 0 saturated carbocycles. The molecule has 8 heteroatoms. The summed E-state index contributed by atoms with van der Waals surface area (Å²) in [6.07, 6.45) is -0.470. The smallest absolute Gasteiger partial charge is 0.262 e. The molecule has 0 unspecified atom stereocenters. The minimum Gasteiger partial charge on any atom is -0.359 e. The Bertz CT molecular complexity index is 694. The van der Waals surface area contributed by atoms with Gasteiger partial charge in [-0.3, -0.25) is 10.1 Å². The molecule has 2 aromatic rings. The molecular formula is C16H18ClF2N3O2. The van der Waals surface area contributed by atoms with Gasteiger partial charge in [-0.25, -0.2) is 8.78 Å². The molecule has 3 rings (SSSR count). The molecule has 2 heterocycles. The molecule has 0 spiro atoms. The maximum atomic E-state index is 13.2. The van der Waals surface area contributed by atoms with E-state index in [1.807, 2.05) is 30.3 Å². The molecule has 1 saturated heterocycles. The summed E-state index contributed by atoms with van der Waals surface area (Å²) in [5.41, 5.74) is 1.58. The maximum Gasteiger partial charge on any atom is 0.262 e. The SMILES string of the molecule is CN(Cc1cc(-c2ccccc2)no1)C(=O)[C@@H]1CC(F)(F)CN1.Cl. The van der Waals surface area contributed by atoms with Gasteiger partial charge in [-0.1, -0.05) is 35.5 Å².